The van der Waals surface area contributed by atoms with Gasteiger partial charge >= 0.3 is 0 Å². The van der Waals surface area contributed by atoms with Crippen molar-refractivity contribution in [3.63, 3.8) is 0 Å². The highest BCUT2D eigenvalue weighted by molar-refractivity contribution is 5.81. The zero-order chi connectivity index (χ0) is 14.9. The number of hydrogen-bond acceptors (Lipinski definition) is 2. The van der Waals surface area contributed by atoms with E-state index in [9.17, 15) is 4.79 Å². The summed E-state index contributed by atoms with van der Waals surface area (Å²) in [5.41, 5.74) is 2.11. The van der Waals surface area contributed by atoms with Crippen LogP contribution >= 0.6 is 0 Å². The third kappa shape index (κ3) is 2.74. The highest BCUT2D eigenvalue weighted by atomic mass is 16.2. The minimum Gasteiger partial charge on any atom is -0.352 e. The Labute approximate surface area is 130 Å². The quantitative estimate of drug-likeness (QED) is 0.940. The number of nitrogens with zero attached hydrogens (tertiary/aromatic N) is 2. The molecule has 4 heteroatoms. The lowest BCUT2D eigenvalue weighted by Gasteiger charge is -2.22. The summed E-state index contributed by atoms with van der Waals surface area (Å²) in [5, 5.41) is 3.10. The molecule has 1 aromatic carbocycles. The molecule has 0 spiro atoms. The van der Waals surface area contributed by atoms with Gasteiger partial charge in [0, 0.05) is 12.0 Å². The smallest absolute Gasteiger partial charge is 0.240 e. The number of amides is 1. The van der Waals surface area contributed by atoms with Crippen molar-refractivity contribution >= 4 is 16.9 Å². The van der Waals surface area contributed by atoms with Crippen LogP contribution in [-0.2, 0) is 11.3 Å². The van der Waals surface area contributed by atoms with E-state index < -0.39 is 0 Å². The summed E-state index contributed by atoms with van der Waals surface area (Å²) in [6, 6.07) is 8.61. The lowest BCUT2D eigenvalue weighted by atomic mass is 9.88. The van der Waals surface area contributed by atoms with E-state index in [0.717, 1.165) is 29.7 Å². The Morgan fingerprint density at radius 2 is 1.91 bits per heavy atom. The molecule has 2 saturated carbocycles. The SMILES string of the molecule is O=C(Cn1c(C2CCCCC2)nc2ccccc21)NC1CC1. The van der Waals surface area contributed by atoms with Crippen LogP contribution in [0.3, 0.4) is 0 Å². The molecule has 0 atom stereocenters. The Hall–Kier alpha value is -1.84. The summed E-state index contributed by atoms with van der Waals surface area (Å²) in [5.74, 6) is 1.75. The molecule has 2 aliphatic carbocycles. The lowest BCUT2D eigenvalue weighted by molar-refractivity contribution is -0.121. The largest absolute Gasteiger partial charge is 0.352 e. The monoisotopic (exact) mass is 297 g/mol. The molecule has 1 aromatic heterocycles. The number of aromatic nitrogens is 2. The summed E-state index contributed by atoms with van der Waals surface area (Å²) < 4.78 is 2.16. The number of para-hydroxylation sites is 2. The number of fused-ring (bicyclic) bond motifs is 1. The second kappa shape index (κ2) is 5.75. The first-order valence-corrected chi connectivity index (χ1v) is 8.56. The standard InChI is InChI=1S/C18H23N3O/c22-17(19-14-10-11-14)12-21-16-9-5-4-8-15(16)20-18(21)13-6-2-1-3-7-13/h4-5,8-9,13-14H,1-3,6-7,10-12H2,(H,19,22). The zero-order valence-electron chi connectivity index (χ0n) is 12.9. The Kier molecular flexibility index (Phi) is 3.60. The molecular weight excluding hydrogens is 274 g/mol. The molecule has 2 aliphatic rings. The maximum Gasteiger partial charge on any atom is 0.240 e. The fourth-order valence-electron chi connectivity index (χ4n) is 3.58. The van der Waals surface area contributed by atoms with Gasteiger partial charge in [-0.05, 0) is 37.8 Å². The number of hydrogen-bond donors (Lipinski definition) is 1. The van der Waals surface area contributed by atoms with Crippen molar-refractivity contribution in [1.29, 1.82) is 0 Å². The predicted octanol–water partition coefficient (Wildman–Crippen LogP) is 3.36. The first-order valence-electron chi connectivity index (χ1n) is 8.56. The highest BCUT2D eigenvalue weighted by Crippen LogP contribution is 2.33. The molecule has 0 bridgehead atoms. The second-order valence-electron chi connectivity index (χ2n) is 6.72. The van der Waals surface area contributed by atoms with Crippen molar-refractivity contribution in [3.05, 3.63) is 30.1 Å². The maximum atomic E-state index is 12.3. The van der Waals surface area contributed by atoms with Gasteiger partial charge in [-0.3, -0.25) is 4.79 Å². The van der Waals surface area contributed by atoms with Crippen LogP contribution in [0.4, 0.5) is 0 Å². The number of nitrogens with one attached hydrogen (secondary N) is 1. The van der Waals surface area contributed by atoms with E-state index in [4.69, 9.17) is 4.98 Å². The molecular formula is C18H23N3O. The van der Waals surface area contributed by atoms with Crippen LogP contribution in [-0.4, -0.2) is 21.5 Å². The topological polar surface area (TPSA) is 46.9 Å². The van der Waals surface area contributed by atoms with Crippen molar-refractivity contribution in [2.75, 3.05) is 0 Å². The van der Waals surface area contributed by atoms with E-state index in [2.05, 4.69) is 22.0 Å². The molecule has 1 N–H and O–H groups in total. The van der Waals surface area contributed by atoms with Crippen molar-refractivity contribution < 1.29 is 4.79 Å². The molecule has 4 rings (SSSR count). The number of carbonyl (C=O) groups excluding carboxylic acids is 1. The Morgan fingerprint density at radius 1 is 1.14 bits per heavy atom. The average Bonchev–Trinajstić information content (AvgIpc) is 3.29. The first-order chi connectivity index (χ1) is 10.8. The van der Waals surface area contributed by atoms with E-state index in [1.54, 1.807) is 0 Å². The van der Waals surface area contributed by atoms with Crippen molar-refractivity contribution in [2.45, 2.75) is 63.5 Å². The lowest BCUT2D eigenvalue weighted by Crippen LogP contribution is -2.30. The van der Waals surface area contributed by atoms with Gasteiger partial charge in [0.15, 0.2) is 0 Å². The molecule has 2 aromatic rings. The molecule has 1 heterocycles. The van der Waals surface area contributed by atoms with E-state index in [1.807, 2.05) is 12.1 Å². The fourth-order valence-corrected chi connectivity index (χ4v) is 3.58. The van der Waals surface area contributed by atoms with Gasteiger partial charge < -0.3 is 9.88 Å². The van der Waals surface area contributed by atoms with Gasteiger partial charge in [0.1, 0.15) is 12.4 Å². The van der Waals surface area contributed by atoms with E-state index in [1.165, 1.54) is 32.1 Å². The molecule has 4 nitrogen and oxygen atoms in total. The molecule has 0 aliphatic heterocycles. The van der Waals surface area contributed by atoms with Crippen LogP contribution < -0.4 is 5.32 Å². The highest BCUT2D eigenvalue weighted by Gasteiger charge is 2.26. The summed E-state index contributed by atoms with van der Waals surface area (Å²) in [6.45, 7) is 0.406. The van der Waals surface area contributed by atoms with Gasteiger partial charge in [-0.1, -0.05) is 31.4 Å². The van der Waals surface area contributed by atoms with Crippen molar-refractivity contribution in [2.24, 2.45) is 0 Å². The Balaban J connectivity index is 1.67. The molecule has 22 heavy (non-hydrogen) atoms. The predicted molar refractivity (Wildman–Crippen MR) is 86.7 cm³/mol. The number of carbonyl (C=O) groups is 1. The summed E-state index contributed by atoms with van der Waals surface area (Å²) in [6.07, 6.45) is 8.56. The van der Waals surface area contributed by atoms with Crippen LogP contribution in [0.15, 0.2) is 24.3 Å². The van der Waals surface area contributed by atoms with Crippen LogP contribution in [0.1, 0.15) is 56.7 Å². The molecule has 0 unspecified atom stereocenters. The summed E-state index contributed by atoms with van der Waals surface area (Å²) >= 11 is 0. The van der Waals surface area contributed by atoms with Crippen LogP contribution in [0, 0.1) is 0 Å². The van der Waals surface area contributed by atoms with Crippen LogP contribution in [0.2, 0.25) is 0 Å². The minimum absolute atomic E-state index is 0.128. The van der Waals surface area contributed by atoms with E-state index in [0.29, 0.717) is 18.5 Å². The molecule has 2 fully saturated rings. The number of rotatable bonds is 4. The number of imidazole rings is 1. The third-order valence-electron chi connectivity index (χ3n) is 4.90. The van der Waals surface area contributed by atoms with Crippen LogP contribution in [0.25, 0.3) is 11.0 Å². The molecule has 0 radical (unpaired) electrons. The minimum atomic E-state index is 0.128. The molecule has 0 saturated heterocycles. The maximum absolute atomic E-state index is 12.3. The van der Waals surface area contributed by atoms with E-state index in [-0.39, 0.29) is 5.91 Å². The zero-order valence-corrected chi connectivity index (χ0v) is 12.9. The number of benzene rings is 1. The molecule has 116 valence electrons. The van der Waals surface area contributed by atoms with Gasteiger partial charge in [-0.2, -0.15) is 0 Å². The van der Waals surface area contributed by atoms with Crippen molar-refractivity contribution in [3.8, 4) is 0 Å². The fraction of sp³-hybridized carbons (Fsp3) is 0.556. The van der Waals surface area contributed by atoms with Gasteiger partial charge in [0.05, 0.1) is 11.0 Å². The van der Waals surface area contributed by atoms with Gasteiger partial charge in [0.25, 0.3) is 0 Å². The Morgan fingerprint density at radius 3 is 2.68 bits per heavy atom. The Bertz CT molecular complexity index is 681. The summed E-state index contributed by atoms with van der Waals surface area (Å²) in [7, 11) is 0. The van der Waals surface area contributed by atoms with Crippen molar-refractivity contribution in [1.82, 2.24) is 14.9 Å². The van der Waals surface area contributed by atoms with Crippen LogP contribution in [0.5, 0.6) is 0 Å². The van der Waals surface area contributed by atoms with Gasteiger partial charge in [-0.15, -0.1) is 0 Å². The third-order valence-corrected chi connectivity index (χ3v) is 4.90. The normalized spacial score (nSPS) is 19.5. The average molecular weight is 297 g/mol. The van der Waals surface area contributed by atoms with E-state index >= 15 is 0 Å². The second-order valence-corrected chi connectivity index (χ2v) is 6.72. The molecule has 1 amide bonds. The van der Waals surface area contributed by atoms with Gasteiger partial charge in [0.2, 0.25) is 5.91 Å². The summed E-state index contributed by atoms with van der Waals surface area (Å²) in [4.78, 5) is 17.1. The first kappa shape index (κ1) is 13.8. The van der Waals surface area contributed by atoms with Gasteiger partial charge in [-0.25, -0.2) is 4.98 Å².